The number of aliphatic hydroxyl groups excluding tert-OH is 1. The number of piperidine rings is 1. The zero-order chi connectivity index (χ0) is 22.8. The molecule has 1 atom stereocenters. The summed E-state index contributed by atoms with van der Waals surface area (Å²) >= 11 is 0. The van der Waals surface area contributed by atoms with Crippen molar-refractivity contribution in [3.05, 3.63) is 35.4 Å². The molecule has 1 unspecified atom stereocenters. The van der Waals surface area contributed by atoms with Crippen molar-refractivity contribution in [3.63, 3.8) is 0 Å². The number of nitrogens with zero attached hydrogens (tertiary/aromatic N) is 3. The molecule has 2 aliphatic heterocycles. The molecule has 0 bridgehead atoms. The fraction of sp³-hybridized carbons (Fsp3) is 0.720. The average molecular weight is 574 g/mol. The Hall–Kier alpha value is -0.940. The molecule has 7 nitrogen and oxygen atoms in total. The van der Waals surface area contributed by atoms with Gasteiger partial charge < -0.3 is 25.4 Å². The second-order valence-electron chi connectivity index (χ2n) is 9.31. The second-order valence-corrected chi connectivity index (χ2v) is 9.31. The van der Waals surface area contributed by atoms with E-state index in [-0.39, 0.29) is 24.0 Å². The maximum Gasteiger partial charge on any atom is 0.191 e. The minimum absolute atomic E-state index is 0. The molecule has 0 aliphatic carbocycles. The molecule has 33 heavy (non-hydrogen) atoms. The second kappa shape index (κ2) is 15.1. The van der Waals surface area contributed by atoms with E-state index in [9.17, 15) is 5.11 Å². The molecule has 1 aromatic rings. The molecular weight excluding hydrogens is 529 g/mol. The van der Waals surface area contributed by atoms with Crippen molar-refractivity contribution >= 4 is 29.9 Å². The summed E-state index contributed by atoms with van der Waals surface area (Å²) in [6, 6.07) is 9.04. The van der Waals surface area contributed by atoms with Crippen molar-refractivity contribution in [1.82, 2.24) is 20.4 Å². The third-order valence-corrected chi connectivity index (χ3v) is 6.27. The fourth-order valence-electron chi connectivity index (χ4n) is 4.49. The summed E-state index contributed by atoms with van der Waals surface area (Å²) in [6.07, 6.45) is 3.09. The highest BCUT2D eigenvalue weighted by atomic mass is 127. The Balaban J connectivity index is 0.00000385. The van der Waals surface area contributed by atoms with E-state index in [0.717, 1.165) is 71.1 Å². The van der Waals surface area contributed by atoms with Crippen molar-refractivity contribution in [2.45, 2.75) is 64.8 Å². The van der Waals surface area contributed by atoms with Crippen molar-refractivity contribution in [2.24, 2.45) is 4.99 Å². The lowest BCUT2D eigenvalue weighted by Gasteiger charge is -2.33. The Morgan fingerprint density at radius 2 is 1.88 bits per heavy atom. The van der Waals surface area contributed by atoms with E-state index in [1.54, 1.807) is 0 Å². The van der Waals surface area contributed by atoms with Crippen LogP contribution in [0.15, 0.2) is 29.3 Å². The molecule has 0 saturated carbocycles. The van der Waals surface area contributed by atoms with Gasteiger partial charge in [0, 0.05) is 51.9 Å². The maximum atomic E-state index is 10.6. The van der Waals surface area contributed by atoms with E-state index >= 15 is 0 Å². The van der Waals surface area contributed by atoms with Gasteiger partial charge in [-0.25, -0.2) is 0 Å². The first-order valence-electron chi connectivity index (χ1n) is 12.4. The van der Waals surface area contributed by atoms with Crippen molar-refractivity contribution in [3.8, 4) is 0 Å². The number of rotatable bonds is 10. The lowest BCUT2D eigenvalue weighted by Crippen LogP contribution is -2.49. The van der Waals surface area contributed by atoms with Crippen LogP contribution in [0.25, 0.3) is 0 Å². The van der Waals surface area contributed by atoms with E-state index in [4.69, 9.17) is 4.74 Å². The monoisotopic (exact) mass is 573 g/mol. The Labute approximate surface area is 217 Å². The maximum absolute atomic E-state index is 10.6. The van der Waals surface area contributed by atoms with Gasteiger partial charge in [-0.2, -0.15) is 0 Å². The van der Waals surface area contributed by atoms with Crippen LogP contribution in [0.3, 0.4) is 0 Å². The highest BCUT2D eigenvalue weighted by Crippen LogP contribution is 2.18. The average Bonchev–Trinajstić information content (AvgIpc) is 2.78. The number of ether oxygens (including phenoxy) is 1. The van der Waals surface area contributed by atoms with E-state index in [1.165, 1.54) is 11.1 Å². The number of aliphatic imine (C=N–C) groups is 1. The van der Waals surface area contributed by atoms with E-state index in [0.29, 0.717) is 25.2 Å². The minimum atomic E-state index is -0.460. The van der Waals surface area contributed by atoms with Crippen LogP contribution in [0.5, 0.6) is 0 Å². The van der Waals surface area contributed by atoms with Crippen LogP contribution in [-0.4, -0.2) is 91.5 Å². The molecule has 0 spiro atoms. The molecular formula is C25H44IN5O2. The molecule has 1 aromatic carbocycles. The van der Waals surface area contributed by atoms with Gasteiger partial charge in [-0.05, 0) is 51.2 Å². The number of likely N-dealkylation sites (tertiary alicyclic amines) is 1. The van der Waals surface area contributed by atoms with Gasteiger partial charge in [0.05, 0.1) is 25.4 Å². The lowest BCUT2D eigenvalue weighted by atomic mass is 10.00. The number of aliphatic hydroxyl groups is 1. The molecule has 1 fully saturated rings. The number of hydrogen-bond donors (Lipinski definition) is 3. The Morgan fingerprint density at radius 3 is 2.58 bits per heavy atom. The summed E-state index contributed by atoms with van der Waals surface area (Å²) in [4.78, 5) is 9.50. The lowest BCUT2D eigenvalue weighted by molar-refractivity contribution is 0.0532. The normalized spacial score (nSPS) is 19.1. The molecule has 2 heterocycles. The summed E-state index contributed by atoms with van der Waals surface area (Å²) in [5.74, 6) is 0.817. The van der Waals surface area contributed by atoms with Gasteiger partial charge in [0.2, 0.25) is 0 Å². The van der Waals surface area contributed by atoms with Gasteiger partial charge in [0.15, 0.2) is 5.96 Å². The van der Waals surface area contributed by atoms with Crippen LogP contribution in [0.2, 0.25) is 0 Å². The standard InChI is InChI=1S/C25H43N5O2.HI/c1-4-26-25(28-23-10-13-29(14-11-23)15-16-32-20(2)3)27-17-24(31)19-30-12-9-21-7-5-6-8-22(21)18-30;/h5-8,20,23-24,31H,4,9-19H2,1-3H3,(H2,26,27,28);1H. The number of nitrogens with one attached hydrogen (secondary N) is 2. The summed E-state index contributed by atoms with van der Waals surface area (Å²) in [5, 5.41) is 17.5. The van der Waals surface area contributed by atoms with Gasteiger partial charge >= 0.3 is 0 Å². The van der Waals surface area contributed by atoms with E-state index < -0.39 is 6.10 Å². The molecule has 3 rings (SSSR count). The van der Waals surface area contributed by atoms with E-state index in [2.05, 4.69) is 70.5 Å². The van der Waals surface area contributed by atoms with Crippen molar-refractivity contribution in [2.75, 3.05) is 52.4 Å². The SMILES string of the molecule is CCNC(=NCC(O)CN1CCc2ccccc2C1)NC1CCN(CCOC(C)C)CC1.I. The Morgan fingerprint density at radius 1 is 1.15 bits per heavy atom. The van der Waals surface area contributed by atoms with Gasteiger partial charge in [-0.1, -0.05) is 24.3 Å². The van der Waals surface area contributed by atoms with Crippen LogP contribution < -0.4 is 10.6 Å². The topological polar surface area (TPSA) is 72.4 Å². The number of benzene rings is 1. The Bertz CT molecular complexity index is 710. The molecule has 8 heteroatoms. The van der Waals surface area contributed by atoms with E-state index in [1.807, 2.05) is 0 Å². The third kappa shape index (κ3) is 10.1. The summed E-state index contributed by atoms with van der Waals surface area (Å²) in [5.41, 5.74) is 2.82. The van der Waals surface area contributed by atoms with Crippen molar-refractivity contribution < 1.29 is 9.84 Å². The first-order chi connectivity index (χ1) is 15.5. The zero-order valence-electron chi connectivity index (χ0n) is 20.6. The minimum Gasteiger partial charge on any atom is -0.390 e. The predicted octanol–water partition coefficient (Wildman–Crippen LogP) is 2.47. The highest BCUT2D eigenvalue weighted by Gasteiger charge is 2.21. The molecule has 2 aliphatic rings. The summed E-state index contributed by atoms with van der Waals surface area (Å²) in [7, 11) is 0. The molecule has 3 N–H and O–H groups in total. The number of halogens is 1. The number of hydrogen-bond acceptors (Lipinski definition) is 5. The van der Waals surface area contributed by atoms with Gasteiger partial charge in [-0.15, -0.1) is 24.0 Å². The van der Waals surface area contributed by atoms with Gasteiger partial charge in [-0.3, -0.25) is 9.89 Å². The molecule has 0 amide bonds. The highest BCUT2D eigenvalue weighted by molar-refractivity contribution is 14.0. The molecule has 0 aromatic heterocycles. The third-order valence-electron chi connectivity index (χ3n) is 6.27. The number of fused-ring (bicyclic) bond motifs is 1. The molecule has 188 valence electrons. The van der Waals surface area contributed by atoms with Crippen LogP contribution in [-0.2, 0) is 17.7 Å². The molecule has 0 radical (unpaired) electrons. The Kier molecular flexibility index (Phi) is 13.0. The van der Waals surface area contributed by atoms with Crippen molar-refractivity contribution in [1.29, 1.82) is 0 Å². The first-order valence-corrected chi connectivity index (χ1v) is 12.4. The largest absolute Gasteiger partial charge is 0.390 e. The quantitative estimate of drug-likeness (QED) is 0.227. The van der Waals surface area contributed by atoms with Crippen LogP contribution in [0, 0.1) is 0 Å². The number of guanidine groups is 1. The van der Waals surface area contributed by atoms with Gasteiger partial charge in [0.1, 0.15) is 0 Å². The zero-order valence-corrected chi connectivity index (χ0v) is 23.0. The van der Waals surface area contributed by atoms with Crippen LogP contribution in [0.1, 0.15) is 44.7 Å². The van der Waals surface area contributed by atoms with Crippen LogP contribution in [0.4, 0.5) is 0 Å². The predicted molar refractivity (Wildman–Crippen MR) is 147 cm³/mol. The van der Waals surface area contributed by atoms with Gasteiger partial charge in [0.25, 0.3) is 0 Å². The summed E-state index contributed by atoms with van der Waals surface area (Å²) < 4.78 is 5.68. The smallest absolute Gasteiger partial charge is 0.191 e. The first kappa shape index (κ1) is 28.3. The fourth-order valence-corrected chi connectivity index (χ4v) is 4.49. The summed E-state index contributed by atoms with van der Waals surface area (Å²) in [6.45, 7) is 14.0. The van der Waals surface area contributed by atoms with Crippen LogP contribution >= 0.6 is 24.0 Å². The molecule has 1 saturated heterocycles. The number of β-amino-alcohol motifs (C(OH)–C–C–N with tert-alkyl or cyclic N) is 1.